The minimum absolute atomic E-state index is 0.820. The van der Waals surface area contributed by atoms with E-state index in [9.17, 15) is 0 Å². The number of benzene rings is 7. The highest BCUT2D eigenvalue weighted by Crippen LogP contribution is 2.48. The predicted octanol–water partition coefficient (Wildman–Crippen LogP) is 11.4. The molecule has 0 unspecified atom stereocenters. The Bertz CT molecular complexity index is 2460. The first-order valence-electron chi connectivity index (χ1n) is 16.4. The van der Waals surface area contributed by atoms with Gasteiger partial charge in [-0.2, -0.15) is 0 Å². The van der Waals surface area contributed by atoms with Crippen molar-refractivity contribution >= 4 is 60.7 Å². The maximum atomic E-state index is 5.79. The van der Waals surface area contributed by atoms with E-state index in [0.29, 0.717) is 0 Å². The van der Waals surface area contributed by atoms with E-state index < -0.39 is 0 Å². The molecule has 9 rings (SSSR count). The third-order valence-corrected chi connectivity index (χ3v) is 9.48. The zero-order valence-electron chi connectivity index (χ0n) is 27.2. The molecular formula is C44H33N3O2. The van der Waals surface area contributed by atoms with Crippen LogP contribution in [-0.2, 0) is 0 Å². The number of nitrogens with zero attached hydrogens (tertiary/aromatic N) is 3. The summed E-state index contributed by atoms with van der Waals surface area (Å²) in [5, 5.41) is 4.53. The lowest BCUT2D eigenvalue weighted by Crippen LogP contribution is -2.11. The summed E-state index contributed by atoms with van der Waals surface area (Å²) in [4.78, 5) is 2.41. The van der Waals surface area contributed by atoms with Gasteiger partial charge in [0.05, 0.1) is 47.7 Å². The van der Waals surface area contributed by atoms with Crippen molar-refractivity contribution in [3.8, 4) is 22.9 Å². The summed E-state index contributed by atoms with van der Waals surface area (Å²) in [6.45, 7) is 0. The van der Waals surface area contributed by atoms with Gasteiger partial charge in [-0.1, -0.05) is 66.7 Å². The molecule has 0 saturated heterocycles. The van der Waals surface area contributed by atoms with Gasteiger partial charge in [0, 0.05) is 38.6 Å². The van der Waals surface area contributed by atoms with Gasteiger partial charge in [-0.25, -0.2) is 0 Å². The van der Waals surface area contributed by atoms with Crippen LogP contribution in [0.2, 0.25) is 0 Å². The van der Waals surface area contributed by atoms with Gasteiger partial charge in [0.15, 0.2) is 0 Å². The second-order valence-corrected chi connectivity index (χ2v) is 12.1. The van der Waals surface area contributed by atoms with Crippen LogP contribution in [0.4, 0.5) is 17.1 Å². The van der Waals surface area contributed by atoms with E-state index in [4.69, 9.17) is 9.47 Å². The highest BCUT2D eigenvalue weighted by Gasteiger charge is 2.25. The third-order valence-electron chi connectivity index (χ3n) is 9.48. The van der Waals surface area contributed by atoms with E-state index in [2.05, 4.69) is 166 Å². The van der Waals surface area contributed by atoms with Gasteiger partial charge in [-0.3, -0.25) is 0 Å². The maximum absolute atomic E-state index is 5.79. The average molecular weight is 636 g/mol. The Morgan fingerprint density at radius 2 is 0.837 bits per heavy atom. The monoisotopic (exact) mass is 635 g/mol. The first kappa shape index (κ1) is 28.7. The van der Waals surface area contributed by atoms with E-state index in [-0.39, 0.29) is 0 Å². The SMILES string of the molecule is COc1ccc2c(c1)c1c(N(c3ccccc3)c3cccc4c3c3cc(OC)ccc3n4-c3ccccc3)cccc1n2-c1ccccc1. The van der Waals surface area contributed by atoms with E-state index in [1.54, 1.807) is 14.2 Å². The Morgan fingerprint density at radius 1 is 0.408 bits per heavy atom. The van der Waals surface area contributed by atoms with E-state index in [0.717, 1.165) is 83.5 Å². The van der Waals surface area contributed by atoms with Gasteiger partial charge in [0.1, 0.15) is 11.5 Å². The smallest absolute Gasteiger partial charge is 0.119 e. The fourth-order valence-electron chi connectivity index (χ4n) is 7.38. The van der Waals surface area contributed by atoms with Crippen molar-refractivity contribution in [3.05, 3.63) is 164 Å². The Morgan fingerprint density at radius 3 is 1.27 bits per heavy atom. The first-order chi connectivity index (χ1) is 24.2. The van der Waals surface area contributed by atoms with Gasteiger partial charge in [-0.05, 0) is 97.1 Å². The second-order valence-electron chi connectivity index (χ2n) is 12.1. The normalized spacial score (nSPS) is 11.5. The Hall–Kier alpha value is -6.46. The van der Waals surface area contributed by atoms with Crippen LogP contribution in [0.25, 0.3) is 55.0 Å². The molecule has 0 spiro atoms. The van der Waals surface area contributed by atoms with Crippen LogP contribution in [0.3, 0.4) is 0 Å². The van der Waals surface area contributed by atoms with Gasteiger partial charge < -0.3 is 23.5 Å². The Labute approximate surface area is 284 Å². The fourth-order valence-corrected chi connectivity index (χ4v) is 7.38. The van der Waals surface area contributed by atoms with Crippen molar-refractivity contribution in [2.45, 2.75) is 0 Å². The van der Waals surface area contributed by atoms with Crippen molar-refractivity contribution in [2.75, 3.05) is 19.1 Å². The summed E-state index contributed by atoms with van der Waals surface area (Å²) >= 11 is 0. The molecule has 49 heavy (non-hydrogen) atoms. The minimum Gasteiger partial charge on any atom is -0.497 e. The summed E-state index contributed by atoms with van der Waals surface area (Å²) in [5.41, 5.74) is 9.90. The largest absolute Gasteiger partial charge is 0.497 e. The number of hydrogen-bond donors (Lipinski definition) is 0. The van der Waals surface area contributed by atoms with E-state index >= 15 is 0 Å². The fraction of sp³-hybridized carbons (Fsp3) is 0.0455. The molecule has 0 amide bonds. The maximum Gasteiger partial charge on any atom is 0.119 e. The van der Waals surface area contributed by atoms with Crippen LogP contribution < -0.4 is 14.4 Å². The number of fused-ring (bicyclic) bond motifs is 6. The van der Waals surface area contributed by atoms with Crippen LogP contribution in [0.15, 0.2) is 164 Å². The van der Waals surface area contributed by atoms with Gasteiger partial charge in [-0.15, -0.1) is 0 Å². The number of aromatic nitrogens is 2. The summed E-state index contributed by atoms with van der Waals surface area (Å²) in [7, 11) is 3.46. The van der Waals surface area contributed by atoms with Crippen LogP contribution in [-0.4, -0.2) is 23.4 Å². The van der Waals surface area contributed by atoms with Crippen LogP contribution in [0, 0.1) is 0 Å². The molecule has 7 aromatic carbocycles. The average Bonchev–Trinajstić information content (AvgIpc) is 3.69. The summed E-state index contributed by atoms with van der Waals surface area (Å²) in [6.07, 6.45) is 0. The molecule has 2 aromatic heterocycles. The molecule has 2 heterocycles. The van der Waals surface area contributed by atoms with Gasteiger partial charge in [0.2, 0.25) is 0 Å². The van der Waals surface area contributed by atoms with Gasteiger partial charge in [0.25, 0.3) is 0 Å². The second kappa shape index (κ2) is 11.7. The van der Waals surface area contributed by atoms with Crippen molar-refractivity contribution in [1.29, 1.82) is 0 Å². The third kappa shape index (κ3) is 4.54. The lowest BCUT2D eigenvalue weighted by Gasteiger charge is -2.27. The molecular weight excluding hydrogens is 603 g/mol. The Kier molecular flexibility index (Phi) is 6.83. The molecule has 9 aromatic rings. The molecule has 236 valence electrons. The molecule has 0 saturated carbocycles. The first-order valence-corrected chi connectivity index (χ1v) is 16.4. The number of anilines is 3. The molecule has 0 aliphatic heterocycles. The van der Waals surface area contributed by atoms with Crippen LogP contribution >= 0.6 is 0 Å². The molecule has 5 heteroatoms. The number of hydrogen-bond acceptors (Lipinski definition) is 3. The zero-order chi connectivity index (χ0) is 32.9. The molecule has 0 N–H and O–H groups in total. The molecule has 5 nitrogen and oxygen atoms in total. The number of methoxy groups -OCH3 is 2. The topological polar surface area (TPSA) is 31.6 Å². The number of rotatable bonds is 7. The van der Waals surface area contributed by atoms with Crippen molar-refractivity contribution in [2.24, 2.45) is 0 Å². The number of para-hydroxylation sites is 3. The standard InChI is InChI=1S/C44H33N3O2/c1-48-33-24-26-37-35(28-33)43-39(45(37)30-14-6-3-7-15-30)20-12-22-41(43)47(32-18-10-5-11-19-32)42-23-13-21-40-44(42)36-29-34(49-2)25-27-38(36)46(40)31-16-8-4-9-17-31/h3-29H,1-2H3. The van der Waals surface area contributed by atoms with Crippen molar-refractivity contribution in [3.63, 3.8) is 0 Å². The lowest BCUT2D eigenvalue weighted by molar-refractivity contribution is 0.415. The van der Waals surface area contributed by atoms with Crippen LogP contribution in [0.5, 0.6) is 11.5 Å². The van der Waals surface area contributed by atoms with Crippen molar-refractivity contribution in [1.82, 2.24) is 9.13 Å². The van der Waals surface area contributed by atoms with Crippen molar-refractivity contribution < 1.29 is 9.47 Å². The molecule has 0 aliphatic rings. The van der Waals surface area contributed by atoms with Gasteiger partial charge >= 0.3 is 0 Å². The molecule has 0 aliphatic carbocycles. The lowest BCUT2D eigenvalue weighted by atomic mass is 10.0. The summed E-state index contributed by atoms with van der Waals surface area (Å²) < 4.78 is 16.3. The summed E-state index contributed by atoms with van der Waals surface area (Å²) in [5.74, 6) is 1.64. The molecule has 0 bridgehead atoms. The van der Waals surface area contributed by atoms with E-state index in [1.165, 1.54) is 0 Å². The Balaban J connectivity index is 1.43. The molecule has 0 radical (unpaired) electrons. The summed E-state index contributed by atoms with van der Waals surface area (Å²) in [6, 6.07) is 57.8. The molecule has 0 fully saturated rings. The van der Waals surface area contributed by atoms with E-state index in [1.807, 2.05) is 12.1 Å². The highest BCUT2D eigenvalue weighted by molar-refractivity contribution is 6.21. The minimum atomic E-state index is 0.820. The highest BCUT2D eigenvalue weighted by atomic mass is 16.5. The quantitative estimate of drug-likeness (QED) is 0.175. The zero-order valence-corrected chi connectivity index (χ0v) is 27.2. The number of ether oxygens (including phenoxy) is 2. The predicted molar refractivity (Wildman–Crippen MR) is 203 cm³/mol. The van der Waals surface area contributed by atoms with Crippen LogP contribution in [0.1, 0.15) is 0 Å². The molecule has 0 atom stereocenters.